The minimum Gasteiger partial charge on any atom is -0.435 e. The van der Waals surface area contributed by atoms with Crippen molar-refractivity contribution in [3.05, 3.63) is 50.6 Å². The summed E-state index contributed by atoms with van der Waals surface area (Å²) in [5.41, 5.74) is 0.944. The zero-order chi connectivity index (χ0) is 15.2. The lowest BCUT2D eigenvalue weighted by molar-refractivity contribution is -0.0499. The van der Waals surface area contributed by atoms with E-state index in [1.165, 1.54) is 4.88 Å². The van der Waals surface area contributed by atoms with Crippen molar-refractivity contribution in [2.45, 2.75) is 26.0 Å². The van der Waals surface area contributed by atoms with Gasteiger partial charge in [0.15, 0.2) is 0 Å². The third-order valence-corrected chi connectivity index (χ3v) is 4.62. The van der Waals surface area contributed by atoms with Crippen molar-refractivity contribution in [3.63, 3.8) is 0 Å². The number of alkyl halides is 2. The highest BCUT2D eigenvalue weighted by Crippen LogP contribution is 2.28. The molecule has 0 aliphatic heterocycles. The van der Waals surface area contributed by atoms with Gasteiger partial charge in [-0.15, -0.1) is 11.3 Å². The van der Waals surface area contributed by atoms with E-state index in [0.29, 0.717) is 0 Å². The van der Waals surface area contributed by atoms with Gasteiger partial charge >= 0.3 is 6.61 Å². The average Bonchev–Trinajstić information content (AvgIpc) is 2.83. The lowest BCUT2D eigenvalue weighted by Crippen LogP contribution is -2.22. The summed E-state index contributed by atoms with van der Waals surface area (Å²) in [6, 6.07) is 11.0. The van der Waals surface area contributed by atoms with Crippen molar-refractivity contribution in [2.75, 3.05) is 6.54 Å². The van der Waals surface area contributed by atoms with Crippen LogP contribution in [0.4, 0.5) is 8.78 Å². The number of nitrogens with one attached hydrogen (secondary N) is 1. The van der Waals surface area contributed by atoms with Gasteiger partial charge in [-0.05, 0) is 52.3 Å². The van der Waals surface area contributed by atoms with Crippen LogP contribution >= 0.6 is 27.3 Å². The Morgan fingerprint density at radius 2 is 2.10 bits per heavy atom. The van der Waals surface area contributed by atoms with Crippen molar-refractivity contribution >= 4 is 27.3 Å². The summed E-state index contributed by atoms with van der Waals surface area (Å²) in [6.45, 7) is 0.0275. The SMILES string of the molecule is CCNC(Cc1ccc(Br)s1)c1cccc(OC(F)F)c1. The smallest absolute Gasteiger partial charge is 0.387 e. The molecule has 21 heavy (non-hydrogen) atoms. The predicted molar refractivity (Wildman–Crippen MR) is 85.2 cm³/mol. The highest BCUT2D eigenvalue weighted by molar-refractivity contribution is 9.11. The molecule has 1 heterocycles. The molecule has 0 aliphatic rings. The Balaban J connectivity index is 2.17. The average molecular weight is 376 g/mol. The normalized spacial score (nSPS) is 12.6. The molecular weight excluding hydrogens is 360 g/mol. The van der Waals surface area contributed by atoms with Crippen molar-refractivity contribution in [1.82, 2.24) is 5.32 Å². The Kier molecular flexibility index (Phi) is 6.14. The predicted octanol–water partition coefficient (Wildman–Crippen LogP) is 5.01. The largest absolute Gasteiger partial charge is 0.435 e. The van der Waals surface area contributed by atoms with Gasteiger partial charge in [0, 0.05) is 17.3 Å². The maximum atomic E-state index is 12.3. The quantitative estimate of drug-likeness (QED) is 0.734. The molecule has 1 atom stereocenters. The van der Waals surface area contributed by atoms with Crippen LogP contribution in [0.2, 0.25) is 0 Å². The number of hydrogen-bond donors (Lipinski definition) is 1. The topological polar surface area (TPSA) is 21.3 Å². The van der Waals surface area contributed by atoms with E-state index in [4.69, 9.17) is 0 Å². The molecule has 2 aromatic rings. The van der Waals surface area contributed by atoms with Gasteiger partial charge in [0.05, 0.1) is 3.79 Å². The first-order chi connectivity index (χ1) is 10.1. The molecule has 1 aromatic heterocycles. The van der Waals surface area contributed by atoms with E-state index in [0.717, 1.165) is 22.3 Å². The highest BCUT2D eigenvalue weighted by Gasteiger charge is 2.14. The van der Waals surface area contributed by atoms with Crippen molar-refractivity contribution in [3.8, 4) is 5.75 Å². The fraction of sp³-hybridized carbons (Fsp3) is 0.333. The lowest BCUT2D eigenvalue weighted by atomic mass is 10.0. The molecule has 1 aromatic carbocycles. The Labute approximate surface area is 135 Å². The van der Waals surface area contributed by atoms with E-state index in [1.807, 2.05) is 19.1 Å². The number of benzene rings is 1. The molecule has 6 heteroatoms. The van der Waals surface area contributed by atoms with Crippen molar-refractivity contribution < 1.29 is 13.5 Å². The Morgan fingerprint density at radius 3 is 2.71 bits per heavy atom. The molecule has 0 radical (unpaired) electrons. The summed E-state index contributed by atoms with van der Waals surface area (Å²) in [5, 5.41) is 3.39. The van der Waals surface area contributed by atoms with Crippen molar-refractivity contribution in [2.24, 2.45) is 0 Å². The Morgan fingerprint density at radius 1 is 1.29 bits per heavy atom. The molecule has 0 fully saturated rings. The fourth-order valence-corrected chi connectivity index (χ4v) is 3.65. The van der Waals surface area contributed by atoms with Gasteiger partial charge < -0.3 is 10.1 Å². The van der Waals surface area contributed by atoms with Crippen LogP contribution in [0.1, 0.15) is 23.4 Å². The highest BCUT2D eigenvalue weighted by atomic mass is 79.9. The van der Waals surface area contributed by atoms with Crippen LogP contribution in [0, 0.1) is 0 Å². The zero-order valence-electron chi connectivity index (χ0n) is 11.5. The van der Waals surface area contributed by atoms with E-state index in [-0.39, 0.29) is 11.8 Å². The summed E-state index contributed by atoms with van der Waals surface area (Å²) >= 11 is 5.13. The summed E-state index contributed by atoms with van der Waals surface area (Å²) in [7, 11) is 0. The molecule has 0 bridgehead atoms. The number of likely N-dealkylation sites (N-methyl/N-ethyl adjacent to an activating group) is 1. The van der Waals surface area contributed by atoms with E-state index in [1.54, 1.807) is 29.5 Å². The number of thiophene rings is 1. The second-order valence-electron chi connectivity index (χ2n) is 4.47. The van der Waals surface area contributed by atoms with Crippen LogP contribution in [-0.4, -0.2) is 13.2 Å². The minimum absolute atomic E-state index is 0.0711. The molecule has 1 unspecified atom stereocenters. The van der Waals surface area contributed by atoms with Crippen LogP contribution in [0.3, 0.4) is 0 Å². The van der Waals surface area contributed by atoms with Gasteiger partial charge in [-0.3, -0.25) is 0 Å². The number of halogens is 3. The van der Waals surface area contributed by atoms with Crippen LogP contribution in [0.5, 0.6) is 5.75 Å². The minimum atomic E-state index is -2.80. The molecule has 0 saturated heterocycles. The van der Waals surface area contributed by atoms with Gasteiger partial charge in [-0.2, -0.15) is 8.78 Å². The molecule has 1 N–H and O–H groups in total. The molecule has 0 spiro atoms. The van der Waals surface area contributed by atoms with E-state index in [2.05, 4.69) is 32.0 Å². The van der Waals surface area contributed by atoms with Gasteiger partial charge in [0.1, 0.15) is 5.75 Å². The Bertz CT molecular complexity index is 576. The molecule has 0 saturated carbocycles. The van der Waals surface area contributed by atoms with Gasteiger partial charge in [-0.1, -0.05) is 19.1 Å². The van der Waals surface area contributed by atoms with Crippen LogP contribution in [0.15, 0.2) is 40.2 Å². The first-order valence-electron chi connectivity index (χ1n) is 6.61. The Hall–Kier alpha value is -0.980. The summed E-state index contributed by atoms with van der Waals surface area (Å²) < 4.78 is 30.2. The van der Waals surface area contributed by atoms with Crippen molar-refractivity contribution in [1.29, 1.82) is 0 Å². The van der Waals surface area contributed by atoms with Gasteiger partial charge in [-0.25, -0.2) is 0 Å². The number of hydrogen-bond acceptors (Lipinski definition) is 3. The van der Waals surface area contributed by atoms with Crippen LogP contribution < -0.4 is 10.1 Å². The molecule has 0 aliphatic carbocycles. The van der Waals surface area contributed by atoms with E-state index < -0.39 is 6.61 Å². The molecule has 114 valence electrons. The second kappa shape index (κ2) is 7.87. The monoisotopic (exact) mass is 375 g/mol. The third kappa shape index (κ3) is 5.05. The maximum absolute atomic E-state index is 12.3. The first kappa shape index (κ1) is 16.4. The molecule has 2 rings (SSSR count). The van der Waals surface area contributed by atoms with Gasteiger partial charge in [0.25, 0.3) is 0 Å². The zero-order valence-corrected chi connectivity index (χ0v) is 13.9. The molecule has 2 nitrogen and oxygen atoms in total. The summed E-state index contributed by atoms with van der Waals surface area (Å²) in [5.74, 6) is 0.192. The third-order valence-electron chi connectivity index (χ3n) is 2.97. The summed E-state index contributed by atoms with van der Waals surface area (Å²) in [6.07, 6.45) is 0.808. The van der Waals surface area contributed by atoms with Gasteiger partial charge in [0.2, 0.25) is 0 Å². The first-order valence-corrected chi connectivity index (χ1v) is 8.21. The van der Waals surface area contributed by atoms with E-state index in [9.17, 15) is 8.78 Å². The molecule has 0 amide bonds. The lowest BCUT2D eigenvalue weighted by Gasteiger charge is -2.18. The number of rotatable bonds is 7. The fourth-order valence-electron chi connectivity index (χ4n) is 2.12. The van der Waals surface area contributed by atoms with Crippen LogP contribution in [0.25, 0.3) is 0 Å². The second-order valence-corrected chi connectivity index (χ2v) is 7.02. The summed E-state index contributed by atoms with van der Waals surface area (Å²) in [4.78, 5) is 1.23. The van der Waals surface area contributed by atoms with E-state index >= 15 is 0 Å². The number of ether oxygens (including phenoxy) is 1. The maximum Gasteiger partial charge on any atom is 0.387 e. The van der Waals surface area contributed by atoms with Crippen LogP contribution in [-0.2, 0) is 6.42 Å². The standard InChI is InChI=1S/C15H16BrF2NOS/c1-2-19-13(9-12-6-7-14(16)21-12)10-4-3-5-11(8-10)20-15(17)18/h3-8,13,15,19H,2,9H2,1H3. The molecular formula is C15H16BrF2NOS.